The molecule has 0 spiro atoms. The van der Waals surface area contributed by atoms with Crippen molar-refractivity contribution in [2.75, 3.05) is 18.6 Å². The molecule has 1 aromatic carbocycles. The van der Waals surface area contributed by atoms with Gasteiger partial charge in [0.2, 0.25) is 11.8 Å². The quantitative estimate of drug-likeness (QED) is 0.208. The molecule has 0 aliphatic carbocycles. The lowest BCUT2D eigenvalue weighted by Crippen LogP contribution is -2.55. The maximum absolute atomic E-state index is 14.5. The molecule has 0 fully saturated rings. The van der Waals surface area contributed by atoms with Crippen molar-refractivity contribution in [2.45, 2.75) is 125 Å². The third kappa shape index (κ3) is 13.0. The fraction of sp³-hybridized carbons (Fsp3) is 0.719. The molecule has 3 amide bonds. The zero-order chi connectivity index (χ0) is 30.5. The summed E-state index contributed by atoms with van der Waals surface area (Å²) in [5.74, 6) is 0.683. The van der Waals surface area contributed by atoms with Crippen LogP contribution in [0.15, 0.2) is 18.2 Å². The maximum atomic E-state index is 14.5. The normalized spacial score (nSPS) is 13.9. The van der Waals surface area contributed by atoms with E-state index in [1.165, 1.54) is 0 Å². The summed E-state index contributed by atoms with van der Waals surface area (Å²) in [6, 6.07) is 4.21. The highest BCUT2D eigenvalue weighted by molar-refractivity contribution is 7.98. The first kappa shape index (κ1) is 35.8. The van der Waals surface area contributed by atoms with Crippen molar-refractivity contribution in [2.24, 2.45) is 5.92 Å². The lowest BCUT2D eigenvalue weighted by Gasteiger charge is -2.39. The number of aryl methyl sites for hydroxylation is 2. The average Bonchev–Trinajstić information content (AvgIpc) is 2.83. The van der Waals surface area contributed by atoms with E-state index in [4.69, 9.17) is 4.74 Å². The molecule has 1 aromatic rings. The van der Waals surface area contributed by atoms with Crippen LogP contribution in [-0.2, 0) is 14.3 Å². The predicted octanol–water partition coefficient (Wildman–Crippen LogP) is 6.95. The van der Waals surface area contributed by atoms with Gasteiger partial charge in [0.1, 0.15) is 17.7 Å². The number of thioether (sulfide) groups is 1. The van der Waals surface area contributed by atoms with E-state index in [-0.39, 0.29) is 17.9 Å². The molecule has 1 rings (SSSR count). The van der Waals surface area contributed by atoms with Gasteiger partial charge in [-0.2, -0.15) is 11.8 Å². The molecule has 7 nitrogen and oxygen atoms in total. The van der Waals surface area contributed by atoms with Gasteiger partial charge in [-0.3, -0.25) is 9.59 Å². The molecule has 0 saturated carbocycles. The number of ether oxygens (including phenoxy) is 1. The molecule has 228 valence electrons. The number of carbonyl (C=O) groups excluding carboxylic acids is 3. The first-order chi connectivity index (χ1) is 18.7. The first-order valence-electron chi connectivity index (χ1n) is 14.9. The second-order valence-electron chi connectivity index (χ2n) is 12.4. The predicted molar refractivity (Wildman–Crippen MR) is 168 cm³/mol. The van der Waals surface area contributed by atoms with Crippen LogP contribution in [0.5, 0.6) is 0 Å². The van der Waals surface area contributed by atoms with Crippen LogP contribution in [0.3, 0.4) is 0 Å². The van der Waals surface area contributed by atoms with Gasteiger partial charge < -0.3 is 20.3 Å². The minimum Gasteiger partial charge on any atom is -0.444 e. The Balaban J connectivity index is 3.61. The van der Waals surface area contributed by atoms with Gasteiger partial charge in [-0.15, -0.1) is 0 Å². The van der Waals surface area contributed by atoms with Gasteiger partial charge in [0.05, 0.1) is 0 Å². The summed E-state index contributed by atoms with van der Waals surface area (Å²) < 4.78 is 5.51. The summed E-state index contributed by atoms with van der Waals surface area (Å²) in [7, 11) is 0. The number of hydrogen-bond acceptors (Lipinski definition) is 5. The second-order valence-corrected chi connectivity index (χ2v) is 13.4. The summed E-state index contributed by atoms with van der Waals surface area (Å²) in [5.41, 5.74) is 2.16. The fourth-order valence-electron chi connectivity index (χ4n) is 4.72. The van der Waals surface area contributed by atoms with Crippen LogP contribution in [-0.4, -0.2) is 59.0 Å². The molecule has 0 heterocycles. The monoisotopic (exact) mass is 577 g/mol. The highest BCUT2D eigenvalue weighted by atomic mass is 32.2. The Morgan fingerprint density at radius 1 is 0.975 bits per heavy atom. The Bertz CT molecular complexity index is 924. The topological polar surface area (TPSA) is 87.7 Å². The minimum absolute atomic E-state index is 0.188. The summed E-state index contributed by atoms with van der Waals surface area (Å²) in [4.78, 5) is 43.0. The van der Waals surface area contributed by atoms with Crippen LogP contribution in [0.25, 0.3) is 0 Å². The third-order valence-electron chi connectivity index (χ3n) is 6.66. The summed E-state index contributed by atoms with van der Waals surface area (Å²) in [6.07, 6.45) is 6.40. The molecular weight excluding hydrogens is 522 g/mol. The minimum atomic E-state index is -0.815. The number of nitrogens with one attached hydrogen (secondary N) is 2. The van der Waals surface area contributed by atoms with Gasteiger partial charge in [-0.05, 0) is 90.7 Å². The van der Waals surface area contributed by atoms with Crippen LogP contribution < -0.4 is 10.6 Å². The van der Waals surface area contributed by atoms with Crippen LogP contribution in [0.1, 0.15) is 110 Å². The van der Waals surface area contributed by atoms with Crippen molar-refractivity contribution >= 4 is 29.7 Å². The van der Waals surface area contributed by atoms with E-state index in [2.05, 4.69) is 37.5 Å². The lowest BCUT2D eigenvalue weighted by atomic mass is 9.95. The van der Waals surface area contributed by atoms with E-state index in [9.17, 15) is 14.4 Å². The summed E-state index contributed by atoms with van der Waals surface area (Å²) >= 11 is 1.61. The molecule has 3 atom stereocenters. The van der Waals surface area contributed by atoms with Crippen LogP contribution in [0.4, 0.5) is 4.79 Å². The number of alkyl carbamates (subject to hydrolysis) is 1. The number of benzene rings is 1. The molecular formula is C32H55N3O4S. The van der Waals surface area contributed by atoms with Gasteiger partial charge in [0, 0.05) is 12.6 Å². The Morgan fingerprint density at radius 2 is 1.60 bits per heavy atom. The number of rotatable bonds is 16. The highest BCUT2D eigenvalue weighted by Crippen LogP contribution is 2.29. The Labute approximate surface area is 248 Å². The van der Waals surface area contributed by atoms with Gasteiger partial charge in [-0.25, -0.2) is 4.79 Å². The van der Waals surface area contributed by atoms with Crippen molar-refractivity contribution in [1.29, 1.82) is 0 Å². The largest absolute Gasteiger partial charge is 0.444 e. The number of amides is 3. The van der Waals surface area contributed by atoms with E-state index in [0.717, 1.165) is 48.8 Å². The first-order valence-corrected chi connectivity index (χ1v) is 16.3. The lowest BCUT2D eigenvalue weighted by molar-refractivity contribution is -0.145. The molecule has 0 bridgehead atoms. The molecule has 2 N–H and O–H groups in total. The summed E-state index contributed by atoms with van der Waals surface area (Å²) in [6.45, 7) is 18.4. The zero-order valence-electron chi connectivity index (χ0n) is 26.7. The zero-order valence-corrected chi connectivity index (χ0v) is 27.5. The van der Waals surface area contributed by atoms with Crippen LogP contribution >= 0.6 is 11.8 Å². The van der Waals surface area contributed by atoms with Crippen molar-refractivity contribution in [3.63, 3.8) is 0 Å². The van der Waals surface area contributed by atoms with Crippen molar-refractivity contribution in [3.8, 4) is 0 Å². The fourth-order valence-corrected chi connectivity index (χ4v) is 5.20. The van der Waals surface area contributed by atoms with E-state index in [1.807, 2.05) is 39.2 Å². The van der Waals surface area contributed by atoms with E-state index in [0.29, 0.717) is 24.6 Å². The Morgan fingerprint density at radius 3 is 2.12 bits per heavy atom. The number of nitrogens with zero attached hydrogens (tertiary/aromatic N) is 1. The maximum Gasteiger partial charge on any atom is 0.408 e. The van der Waals surface area contributed by atoms with E-state index < -0.39 is 23.8 Å². The van der Waals surface area contributed by atoms with Gasteiger partial charge >= 0.3 is 6.09 Å². The van der Waals surface area contributed by atoms with Crippen LogP contribution in [0, 0.1) is 19.8 Å². The molecule has 0 radical (unpaired) electrons. The smallest absolute Gasteiger partial charge is 0.408 e. The molecule has 40 heavy (non-hydrogen) atoms. The van der Waals surface area contributed by atoms with Gasteiger partial charge in [0.15, 0.2) is 0 Å². The van der Waals surface area contributed by atoms with E-state index in [1.54, 1.807) is 37.4 Å². The van der Waals surface area contributed by atoms with E-state index >= 15 is 0 Å². The van der Waals surface area contributed by atoms with Crippen molar-refractivity contribution < 1.29 is 19.1 Å². The molecule has 0 aliphatic rings. The van der Waals surface area contributed by atoms with Gasteiger partial charge in [-0.1, -0.05) is 62.9 Å². The SMILES string of the molecule is CCCCCNC(=O)C(c1cc(C)cc(C)c1)N(C(=O)C(CCSC)NC(=O)OC(C)(C)C)C(C)CCC(C)C. The van der Waals surface area contributed by atoms with Crippen molar-refractivity contribution in [1.82, 2.24) is 15.5 Å². The van der Waals surface area contributed by atoms with Gasteiger partial charge in [0.25, 0.3) is 0 Å². The van der Waals surface area contributed by atoms with Crippen molar-refractivity contribution in [3.05, 3.63) is 34.9 Å². The van der Waals surface area contributed by atoms with Crippen LogP contribution in [0.2, 0.25) is 0 Å². The molecule has 0 aromatic heterocycles. The number of hydrogen-bond donors (Lipinski definition) is 2. The molecule has 0 saturated heterocycles. The molecule has 8 heteroatoms. The molecule has 0 aliphatic heterocycles. The standard InChI is InChI=1S/C32H55N3O4S/c1-11-12-13-17-33-29(36)28(26-20-23(4)19-24(5)21-26)35(25(6)15-14-22(2)3)30(37)27(16-18-40-10)34-31(38)39-32(7,8)9/h19-22,25,27-28H,11-18H2,1-10H3,(H,33,36)(H,34,38). The summed E-state index contributed by atoms with van der Waals surface area (Å²) in [5, 5.41) is 5.95. The number of carbonyl (C=O) groups is 3. The highest BCUT2D eigenvalue weighted by Gasteiger charge is 2.38. The number of unbranched alkanes of at least 4 members (excludes halogenated alkanes) is 2. The molecule has 3 unspecified atom stereocenters. The average molecular weight is 578 g/mol. The second kappa shape index (κ2) is 17.6. The Kier molecular flexibility index (Phi) is 15.7. The Hall–Kier alpha value is -2.22. The third-order valence-corrected chi connectivity index (χ3v) is 7.30.